The molecule has 0 radical (unpaired) electrons. The Hall–Kier alpha value is -0.690. The van der Waals surface area contributed by atoms with Crippen LogP contribution < -0.4 is 10.2 Å². The van der Waals surface area contributed by atoms with Gasteiger partial charge < -0.3 is 10.2 Å². The molecule has 0 aliphatic carbocycles. The summed E-state index contributed by atoms with van der Waals surface area (Å²) in [5.74, 6) is 0.0989. The normalized spacial score (nSPS) is 19.9. The lowest BCUT2D eigenvalue weighted by Crippen LogP contribution is -2.61. The maximum absolute atomic E-state index is 12.2. The highest BCUT2D eigenvalue weighted by Crippen LogP contribution is 2.20. The van der Waals surface area contributed by atoms with E-state index in [4.69, 9.17) is 0 Å². The van der Waals surface area contributed by atoms with E-state index in [9.17, 15) is 4.79 Å². The number of pyridine rings is 1. The Labute approximate surface area is 109 Å². The zero-order chi connectivity index (χ0) is 11.8. The van der Waals surface area contributed by atoms with Gasteiger partial charge >= 0.3 is 0 Å². The van der Waals surface area contributed by atoms with E-state index in [0.29, 0.717) is 6.54 Å². The topological polar surface area (TPSA) is 45.2 Å². The van der Waals surface area contributed by atoms with Gasteiger partial charge in [0.05, 0.1) is 17.4 Å². The second-order valence-corrected chi connectivity index (χ2v) is 5.45. The molecule has 1 fully saturated rings. The Bertz CT molecular complexity index is 402. The summed E-state index contributed by atoms with van der Waals surface area (Å²) in [6, 6.07) is 3.85. The van der Waals surface area contributed by atoms with Gasteiger partial charge in [-0.15, -0.1) is 0 Å². The van der Waals surface area contributed by atoms with Crippen LogP contribution in [0.3, 0.4) is 0 Å². The number of anilines is 1. The zero-order valence-corrected chi connectivity index (χ0v) is 11.5. The average Bonchev–Trinajstić information content (AvgIpc) is 2.24. The van der Waals surface area contributed by atoms with Crippen LogP contribution in [0.2, 0.25) is 0 Å². The van der Waals surface area contributed by atoms with Crippen LogP contribution in [-0.2, 0) is 4.79 Å². The number of amides is 1. The number of halogens is 1. The molecule has 1 amide bonds. The highest BCUT2D eigenvalue weighted by Gasteiger charge is 2.35. The number of nitrogens with one attached hydrogen (secondary N) is 1. The van der Waals surface area contributed by atoms with Crippen molar-refractivity contribution in [2.75, 3.05) is 18.0 Å². The molecule has 0 bridgehead atoms. The predicted octanol–water partition coefficient (Wildman–Crippen LogP) is 1.40. The number of hydrogen-bond acceptors (Lipinski definition) is 3. The van der Waals surface area contributed by atoms with Crippen molar-refractivity contribution in [1.29, 1.82) is 0 Å². The van der Waals surface area contributed by atoms with Crippen LogP contribution in [0.4, 0.5) is 5.69 Å². The van der Waals surface area contributed by atoms with Gasteiger partial charge in [0.25, 0.3) is 0 Å². The van der Waals surface area contributed by atoms with Gasteiger partial charge in [-0.25, -0.2) is 4.98 Å². The zero-order valence-electron chi connectivity index (χ0n) is 9.33. The summed E-state index contributed by atoms with van der Waals surface area (Å²) in [6.07, 6.45) is 1.75. The smallest absolute Gasteiger partial charge is 0.246 e. The second kappa shape index (κ2) is 4.29. The fraction of sp³-hybridized carbons (Fsp3) is 0.455. The first-order valence-electron chi connectivity index (χ1n) is 5.19. The molecule has 4 nitrogen and oxygen atoms in total. The average molecular weight is 331 g/mol. The molecule has 16 heavy (non-hydrogen) atoms. The molecular weight excluding hydrogens is 317 g/mol. The summed E-state index contributed by atoms with van der Waals surface area (Å²) in [7, 11) is 0. The van der Waals surface area contributed by atoms with Crippen molar-refractivity contribution in [3.8, 4) is 0 Å². The van der Waals surface area contributed by atoms with Crippen molar-refractivity contribution in [2.45, 2.75) is 19.4 Å². The Morgan fingerprint density at radius 2 is 2.25 bits per heavy atom. The lowest BCUT2D eigenvalue weighted by atomic mass is 10.0. The largest absolute Gasteiger partial charge is 0.308 e. The van der Waals surface area contributed by atoms with Crippen LogP contribution in [0.1, 0.15) is 13.8 Å². The van der Waals surface area contributed by atoms with E-state index in [2.05, 4.69) is 32.9 Å². The molecule has 0 saturated carbocycles. The number of hydrogen-bond donors (Lipinski definition) is 1. The van der Waals surface area contributed by atoms with Gasteiger partial charge in [0.1, 0.15) is 3.70 Å². The second-order valence-electron chi connectivity index (χ2n) is 4.35. The van der Waals surface area contributed by atoms with Crippen molar-refractivity contribution in [3.05, 3.63) is 22.0 Å². The first kappa shape index (κ1) is 11.8. The maximum atomic E-state index is 12.2. The van der Waals surface area contributed by atoms with Gasteiger partial charge in [-0.3, -0.25) is 4.79 Å². The summed E-state index contributed by atoms with van der Waals surface area (Å²) in [5, 5.41) is 3.21. The molecule has 0 spiro atoms. The molecule has 1 aromatic heterocycles. The van der Waals surface area contributed by atoms with Gasteiger partial charge in [0, 0.05) is 13.1 Å². The highest BCUT2D eigenvalue weighted by atomic mass is 127. The van der Waals surface area contributed by atoms with Gasteiger partial charge in [-0.1, -0.05) is 0 Å². The van der Waals surface area contributed by atoms with Crippen molar-refractivity contribution in [2.24, 2.45) is 0 Å². The van der Waals surface area contributed by atoms with Gasteiger partial charge in [-0.2, -0.15) is 0 Å². The summed E-state index contributed by atoms with van der Waals surface area (Å²) in [6.45, 7) is 5.32. The Kier molecular flexibility index (Phi) is 3.16. The molecule has 2 heterocycles. The molecule has 0 aromatic carbocycles. The molecular formula is C11H14IN3O. The van der Waals surface area contributed by atoms with E-state index in [1.165, 1.54) is 0 Å². The van der Waals surface area contributed by atoms with E-state index in [1.54, 1.807) is 11.1 Å². The van der Waals surface area contributed by atoms with Crippen molar-refractivity contribution in [3.63, 3.8) is 0 Å². The Morgan fingerprint density at radius 1 is 1.50 bits per heavy atom. The van der Waals surface area contributed by atoms with E-state index in [1.807, 2.05) is 26.0 Å². The molecule has 2 rings (SSSR count). The predicted molar refractivity (Wildman–Crippen MR) is 71.4 cm³/mol. The minimum atomic E-state index is -0.485. The molecule has 0 atom stereocenters. The van der Waals surface area contributed by atoms with Gasteiger partial charge in [-0.05, 0) is 48.6 Å². The molecule has 1 aliphatic heterocycles. The summed E-state index contributed by atoms with van der Waals surface area (Å²) in [5.41, 5.74) is 0.390. The summed E-state index contributed by atoms with van der Waals surface area (Å²) in [4.78, 5) is 18.2. The lowest BCUT2D eigenvalue weighted by Gasteiger charge is -2.37. The van der Waals surface area contributed by atoms with Crippen LogP contribution in [0, 0.1) is 3.70 Å². The van der Waals surface area contributed by atoms with Crippen LogP contribution in [0.5, 0.6) is 0 Å². The minimum absolute atomic E-state index is 0.0989. The van der Waals surface area contributed by atoms with Crippen LogP contribution >= 0.6 is 22.6 Å². The molecule has 1 aliphatic rings. The van der Waals surface area contributed by atoms with E-state index in [-0.39, 0.29) is 5.91 Å². The SMILES string of the molecule is CC1(C)NCCN(c2ccc(I)nc2)C1=O. The van der Waals surface area contributed by atoms with Crippen molar-refractivity contribution >= 4 is 34.2 Å². The molecule has 0 unspecified atom stereocenters. The molecule has 86 valence electrons. The van der Waals surface area contributed by atoms with Gasteiger partial charge in [0.2, 0.25) is 5.91 Å². The number of rotatable bonds is 1. The standard InChI is InChI=1S/C11H14IN3O/c1-11(2)10(16)15(6-5-14-11)8-3-4-9(12)13-7-8/h3-4,7,14H,5-6H2,1-2H3. The third-order valence-electron chi connectivity index (χ3n) is 2.71. The third kappa shape index (κ3) is 2.20. The molecule has 1 saturated heterocycles. The minimum Gasteiger partial charge on any atom is -0.308 e. The lowest BCUT2D eigenvalue weighted by molar-refractivity contribution is -0.124. The van der Waals surface area contributed by atoms with Crippen LogP contribution in [-0.4, -0.2) is 29.5 Å². The quantitative estimate of drug-likeness (QED) is 0.625. The fourth-order valence-electron chi connectivity index (χ4n) is 1.77. The molecule has 5 heteroatoms. The van der Waals surface area contributed by atoms with Crippen LogP contribution in [0.15, 0.2) is 18.3 Å². The summed E-state index contributed by atoms with van der Waals surface area (Å²) < 4.78 is 0.934. The Balaban J connectivity index is 2.27. The monoisotopic (exact) mass is 331 g/mol. The van der Waals surface area contributed by atoms with Crippen molar-refractivity contribution in [1.82, 2.24) is 10.3 Å². The van der Waals surface area contributed by atoms with E-state index >= 15 is 0 Å². The summed E-state index contributed by atoms with van der Waals surface area (Å²) >= 11 is 2.15. The number of piperazine rings is 1. The van der Waals surface area contributed by atoms with Crippen LogP contribution in [0.25, 0.3) is 0 Å². The maximum Gasteiger partial charge on any atom is 0.246 e. The number of aromatic nitrogens is 1. The van der Waals surface area contributed by atoms with Crippen molar-refractivity contribution < 1.29 is 4.79 Å². The number of carbonyl (C=O) groups excluding carboxylic acids is 1. The number of carbonyl (C=O) groups is 1. The molecule has 1 N–H and O–H groups in total. The number of nitrogens with zero attached hydrogens (tertiary/aromatic N) is 2. The van der Waals surface area contributed by atoms with Gasteiger partial charge in [0.15, 0.2) is 0 Å². The first-order chi connectivity index (χ1) is 7.50. The van der Waals surface area contributed by atoms with E-state index in [0.717, 1.165) is 15.9 Å². The molecule has 1 aromatic rings. The third-order valence-corrected chi connectivity index (χ3v) is 3.34. The van der Waals surface area contributed by atoms with E-state index < -0.39 is 5.54 Å². The Morgan fingerprint density at radius 3 is 2.88 bits per heavy atom. The first-order valence-corrected chi connectivity index (χ1v) is 6.27. The fourth-order valence-corrected chi connectivity index (χ4v) is 2.09. The highest BCUT2D eigenvalue weighted by molar-refractivity contribution is 14.1.